The van der Waals surface area contributed by atoms with Gasteiger partial charge in [-0.1, -0.05) is 11.6 Å². The molecular formula is C14H14ClNS. The van der Waals surface area contributed by atoms with Gasteiger partial charge in [-0.05, 0) is 54.8 Å². The third-order valence-electron chi connectivity index (χ3n) is 3.58. The molecule has 0 bridgehead atoms. The number of thiophene rings is 1. The number of fused-ring (bicyclic) bond motifs is 1. The minimum absolute atomic E-state index is 0.560. The molecule has 1 aliphatic rings. The lowest BCUT2D eigenvalue weighted by Gasteiger charge is -2.24. The molecule has 2 aromatic rings. The Hall–Kier alpha value is -0.860. The van der Waals surface area contributed by atoms with Gasteiger partial charge in [0.25, 0.3) is 0 Å². The molecule has 2 aromatic heterocycles. The third-order valence-corrected chi connectivity index (χ3v) is 5.10. The first-order chi connectivity index (χ1) is 8.25. The molecule has 1 unspecified atom stereocenters. The maximum atomic E-state index is 6.22. The molecule has 0 radical (unpaired) electrons. The Balaban J connectivity index is 1.94. The number of rotatable bonds is 1. The molecule has 0 N–H and O–H groups in total. The lowest BCUT2D eigenvalue weighted by molar-refractivity contribution is 0.579. The quantitative estimate of drug-likeness (QED) is 0.744. The number of pyridine rings is 1. The SMILES string of the molecule is Cc1ccnc2c1CCC(c1sccc1Cl)C2. The van der Waals surface area contributed by atoms with Gasteiger partial charge in [0.15, 0.2) is 0 Å². The van der Waals surface area contributed by atoms with E-state index in [1.54, 1.807) is 11.3 Å². The molecule has 1 aliphatic carbocycles. The zero-order valence-electron chi connectivity index (χ0n) is 9.74. The van der Waals surface area contributed by atoms with Gasteiger partial charge in [0.05, 0.1) is 5.02 Å². The van der Waals surface area contributed by atoms with Gasteiger partial charge in [0, 0.05) is 22.7 Å². The van der Waals surface area contributed by atoms with Crippen molar-refractivity contribution in [3.8, 4) is 0 Å². The second kappa shape index (κ2) is 4.43. The summed E-state index contributed by atoms with van der Waals surface area (Å²) in [5.41, 5.74) is 4.10. The van der Waals surface area contributed by atoms with Gasteiger partial charge in [-0.3, -0.25) is 4.98 Å². The molecule has 1 atom stereocenters. The molecule has 2 heterocycles. The largest absolute Gasteiger partial charge is 0.261 e. The Morgan fingerprint density at radius 2 is 2.29 bits per heavy atom. The highest BCUT2D eigenvalue weighted by molar-refractivity contribution is 7.10. The van der Waals surface area contributed by atoms with Crippen molar-refractivity contribution in [3.05, 3.63) is 50.4 Å². The standard InChI is InChI=1S/C14H14ClNS/c1-9-4-6-16-13-8-10(2-3-11(9)13)14-12(15)5-7-17-14/h4-7,10H,2-3,8H2,1H3. The molecule has 0 fully saturated rings. The fourth-order valence-electron chi connectivity index (χ4n) is 2.64. The summed E-state index contributed by atoms with van der Waals surface area (Å²) in [6.07, 6.45) is 5.29. The van der Waals surface area contributed by atoms with E-state index in [1.807, 2.05) is 12.3 Å². The summed E-state index contributed by atoms with van der Waals surface area (Å²) in [5.74, 6) is 0.560. The molecule has 1 nitrogen and oxygen atoms in total. The summed E-state index contributed by atoms with van der Waals surface area (Å²) in [4.78, 5) is 5.87. The van der Waals surface area contributed by atoms with Crippen molar-refractivity contribution in [2.75, 3.05) is 0 Å². The second-order valence-corrected chi connectivity index (χ2v) is 5.98. The van der Waals surface area contributed by atoms with Crippen LogP contribution in [0.1, 0.15) is 34.0 Å². The zero-order chi connectivity index (χ0) is 11.8. The van der Waals surface area contributed by atoms with E-state index in [0.29, 0.717) is 5.92 Å². The number of hydrogen-bond donors (Lipinski definition) is 0. The van der Waals surface area contributed by atoms with Crippen LogP contribution in [0.3, 0.4) is 0 Å². The fraction of sp³-hybridized carbons (Fsp3) is 0.357. The average molecular weight is 264 g/mol. The summed E-state index contributed by atoms with van der Waals surface area (Å²) >= 11 is 8.00. The zero-order valence-corrected chi connectivity index (χ0v) is 11.3. The van der Waals surface area contributed by atoms with Gasteiger partial charge in [-0.25, -0.2) is 0 Å². The highest BCUT2D eigenvalue weighted by Gasteiger charge is 2.24. The monoisotopic (exact) mass is 263 g/mol. The van der Waals surface area contributed by atoms with E-state index >= 15 is 0 Å². The van der Waals surface area contributed by atoms with Crippen LogP contribution in [0, 0.1) is 6.92 Å². The number of halogens is 1. The molecule has 0 saturated heterocycles. The number of nitrogens with zero attached hydrogens (tertiary/aromatic N) is 1. The minimum atomic E-state index is 0.560. The topological polar surface area (TPSA) is 12.9 Å². The van der Waals surface area contributed by atoms with E-state index < -0.39 is 0 Å². The Morgan fingerprint density at radius 3 is 3.06 bits per heavy atom. The fourth-order valence-corrected chi connectivity index (χ4v) is 3.99. The van der Waals surface area contributed by atoms with Crippen molar-refractivity contribution < 1.29 is 0 Å². The highest BCUT2D eigenvalue weighted by atomic mass is 35.5. The average Bonchev–Trinajstić information content (AvgIpc) is 2.75. The summed E-state index contributed by atoms with van der Waals surface area (Å²) in [6, 6.07) is 4.11. The summed E-state index contributed by atoms with van der Waals surface area (Å²) in [7, 11) is 0. The Kier molecular flexibility index (Phi) is 2.93. The molecule has 0 aliphatic heterocycles. The number of aromatic nitrogens is 1. The minimum Gasteiger partial charge on any atom is -0.261 e. The van der Waals surface area contributed by atoms with Gasteiger partial charge >= 0.3 is 0 Å². The molecule has 0 spiro atoms. The van der Waals surface area contributed by atoms with Crippen LogP contribution >= 0.6 is 22.9 Å². The van der Waals surface area contributed by atoms with E-state index in [0.717, 1.165) is 17.9 Å². The Labute approximate surface area is 110 Å². The van der Waals surface area contributed by atoms with Crippen LogP contribution in [0.4, 0.5) is 0 Å². The van der Waals surface area contributed by atoms with Crippen molar-refractivity contribution in [3.63, 3.8) is 0 Å². The van der Waals surface area contributed by atoms with Crippen LogP contribution < -0.4 is 0 Å². The van der Waals surface area contributed by atoms with Crippen LogP contribution in [0.5, 0.6) is 0 Å². The van der Waals surface area contributed by atoms with Crippen LogP contribution in [-0.4, -0.2) is 4.98 Å². The lowest BCUT2D eigenvalue weighted by Crippen LogP contribution is -2.14. The predicted molar refractivity (Wildman–Crippen MR) is 73.1 cm³/mol. The molecule has 3 heteroatoms. The lowest BCUT2D eigenvalue weighted by atomic mass is 9.84. The van der Waals surface area contributed by atoms with Crippen molar-refractivity contribution in [1.82, 2.24) is 4.98 Å². The van der Waals surface area contributed by atoms with Gasteiger partial charge < -0.3 is 0 Å². The molecule has 88 valence electrons. The summed E-state index contributed by atoms with van der Waals surface area (Å²) < 4.78 is 0. The molecule has 0 saturated carbocycles. The van der Waals surface area contributed by atoms with Crippen LogP contribution in [0.15, 0.2) is 23.7 Å². The van der Waals surface area contributed by atoms with Crippen molar-refractivity contribution in [2.24, 2.45) is 0 Å². The molecule has 17 heavy (non-hydrogen) atoms. The van der Waals surface area contributed by atoms with Crippen LogP contribution in [-0.2, 0) is 12.8 Å². The summed E-state index contributed by atoms with van der Waals surface area (Å²) in [6.45, 7) is 2.18. The highest BCUT2D eigenvalue weighted by Crippen LogP contribution is 2.38. The van der Waals surface area contributed by atoms with Crippen LogP contribution in [0.2, 0.25) is 5.02 Å². The first kappa shape index (κ1) is 11.2. The van der Waals surface area contributed by atoms with E-state index in [9.17, 15) is 0 Å². The first-order valence-corrected chi connectivity index (χ1v) is 7.17. The van der Waals surface area contributed by atoms with Crippen molar-refractivity contribution >= 4 is 22.9 Å². The van der Waals surface area contributed by atoms with Gasteiger partial charge in [0.2, 0.25) is 0 Å². The van der Waals surface area contributed by atoms with Gasteiger partial charge in [0.1, 0.15) is 0 Å². The Bertz CT molecular complexity index is 547. The maximum Gasteiger partial charge on any atom is 0.0547 e. The van der Waals surface area contributed by atoms with Crippen molar-refractivity contribution in [1.29, 1.82) is 0 Å². The third kappa shape index (κ3) is 2.00. The normalized spacial score (nSPS) is 19.1. The van der Waals surface area contributed by atoms with E-state index in [4.69, 9.17) is 11.6 Å². The van der Waals surface area contributed by atoms with Gasteiger partial charge in [-0.2, -0.15) is 0 Å². The first-order valence-electron chi connectivity index (χ1n) is 5.92. The van der Waals surface area contributed by atoms with Crippen molar-refractivity contribution in [2.45, 2.75) is 32.1 Å². The number of aryl methyl sites for hydroxylation is 1. The Morgan fingerprint density at radius 1 is 1.41 bits per heavy atom. The molecule has 0 aromatic carbocycles. The summed E-state index contributed by atoms with van der Waals surface area (Å²) in [5, 5.41) is 3.01. The molecule has 3 rings (SSSR count). The van der Waals surface area contributed by atoms with Gasteiger partial charge in [-0.15, -0.1) is 11.3 Å². The maximum absolute atomic E-state index is 6.22. The smallest absolute Gasteiger partial charge is 0.0547 e. The second-order valence-electron chi connectivity index (χ2n) is 4.63. The van der Waals surface area contributed by atoms with E-state index in [1.165, 1.54) is 28.1 Å². The van der Waals surface area contributed by atoms with E-state index in [2.05, 4.69) is 23.4 Å². The van der Waals surface area contributed by atoms with Crippen LogP contribution in [0.25, 0.3) is 0 Å². The number of hydrogen-bond acceptors (Lipinski definition) is 2. The molecular weight excluding hydrogens is 250 g/mol. The molecule has 0 amide bonds. The van der Waals surface area contributed by atoms with E-state index in [-0.39, 0.29) is 0 Å². The predicted octanol–water partition coefficient (Wildman–Crippen LogP) is 4.38.